The van der Waals surface area contributed by atoms with Gasteiger partial charge in [0.05, 0.1) is 11.4 Å². The molecule has 0 radical (unpaired) electrons. The smallest absolute Gasteiger partial charge is 0.142 e. The molecule has 0 saturated heterocycles. The van der Waals surface area contributed by atoms with Crippen molar-refractivity contribution >= 4 is 11.3 Å². The number of hydrogen-bond acceptors (Lipinski definition) is 4. The highest BCUT2D eigenvalue weighted by molar-refractivity contribution is 7.13. The molecule has 4 unspecified atom stereocenters. The summed E-state index contributed by atoms with van der Waals surface area (Å²) in [5, 5.41) is 6.97. The van der Waals surface area contributed by atoms with Crippen LogP contribution in [0.2, 0.25) is 0 Å². The van der Waals surface area contributed by atoms with Crippen LogP contribution >= 0.6 is 11.3 Å². The van der Waals surface area contributed by atoms with Crippen LogP contribution in [-0.4, -0.2) is 16.0 Å². The van der Waals surface area contributed by atoms with Crippen LogP contribution in [0.5, 0.6) is 0 Å². The molecule has 3 saturated carbocycles. The van der Waals surface area contributed by atoms with Gasteiger partial charge in [-0.3, -0.25) is 4.98 Å². The monoisotopic (exact) mass is 297 g/mol. The number of nitrogens with one attached hydrogen (secondary N) is 1. The van der Waals surface area contributed by atoms with Crippen molar-refractivity contribution < 1.29 is 0 Å². The second-order valence-corrected chi connectivity index (χ2v) is 7.61. The Balaban J connectivity index is 1.24. The first-order valence-electron chi connectivity index (χ1n) is 7.99. The van der Waals surface area contributed by atoms with Crippen molar-refractivity contribution in [2.24, 2.45) is 23.7 Å². The Kier molecular flexibility index (Phi) is 2.70. The minimum atomic E-state index is 0.788. The molecular formula is C17H19N3S. The van der Waals surface area contributed by atoms with Crippen LogP contribution in [0.25, 0.3) is 10.7 Å². The molecule has 3 nitrogen and oxygen atoms in total. The standard InChI is InChI=1S/C17H19N3S/c1-2-6-18-13(3-1)17-20-12(9-21-17)8-19-16-14-10-4-5-11(7-10)15(14)16/h1-3,6,9-11,14-16,19H,4-5,7-8H2. The number of aromatic nitrogens is 2. The zero-order chi connectivity index (χ0) is 13.8. The zero-order valence-corrected chi connectivity index (χ0v) is 12.7. The Labute approximate surface area is 128 Å². The minimum absolute atomic E-state index is 0.788. The van der Waals surface area contributed by atoms with E-state index in [1.54, 1.807) is 11.3 Å². The number of hydrogen-bond donors (Lipinski definition) is 1. The zero-order valence-electron chi connectivity index (χ0n) is 11.9. The van der Waals surface area contributed by atoms with Crippen molar-refractivity contribution in [2.75, 3.05) is 0 Å². The average molecular weight is 297 g/mol. The summed E-state index contributed by atoms with van der Waals surface area (Å²) in [5.41, 5.74) is 2.15. The third-order valence-corrected chi connectivity index (χ3v) is 6.60. The van der Waals surface area contributed by atoms with Gasteiger partial charge >= 0.3 is 0 Å². The topological polar surface area (TPSA) is 37.8 Å². The number of nitrogens with zero attached hydrogens (tertiary/aromatic N) is 2. The van der Waals surface area contributed by atoms with Gasteiger partial charge in [-0.1, -0.05) is 6.07 Å². The Morgan fingerprint density at radius 3 is 2.81 bits per heavy atom. The van der Waals surface area contributed by atoms with E-state index in [9.17, 15) is 0 Å². The third-order valence-electron chi connectivity index (χ3n) is 5.69. The van der Waals surface area contributed by atoms with E-state index in [1.165, 1.54) is 19.3 Å². The number of pyridine rings is 1. The summed E-state index contributed by atoms with van der Waals surface area (Å²) in [4.78, 5) is 9.09. The van der Waals surface area contributed by atoms with Gasteiger partial charge in [0.15, 0.2) is 0 Å². The maximum absolute atomic E-state index is 4.72. The molecule has 2 heterocycles. The predicted octanol–water partition coefficient (Wildman–Crippen LogP) is 3.34. The van der Waals surface area contributed by atoms with E-state index in [0.29, 0.717) is 0 Å². The predicted molar refractivity (Wildman–Crippen MR) is 83.8 cm³/mol. The molecule has 5 rings (SSSR count). The van der Waals surface area contributed by atoms with E-state index in [0.717, 1.165) is 52.7 Å². The molecule has 108 valence electrons. The van der Waals surface area contributed by atoms with Crippen LogP contribution in [0.1, 0.15) is 25.0 Å². The molecule has 2 bridgehead atoms. The lowest BCUT2D eigenvalue weighted by atomic mass is 10.0. The summed E-state index contributed by atoms with van der Waals surface area (Å²) in [6.07, 6.45) is 6.33. The highest BCUT2D eigenvalue weighted by atomic mass is 32.1. The number of rotatable bonds is 4. The lowest BCUT2D eigenvalue weighted by Crippen LogP contribution is -2.22. The van der Waals surface area contributed by atoms with E-state index in [-0.39, 0.29) is 0 Å². The summed E-state index contributed by atoms with van der Waals surface area (Å²) in [6.45, 7) is 0.917. The van der Waals surface area contributed by atoms with Gasteiger partial charge < -0.3 is 5.32 Å². The molecule has 3 aliphatic carbocycles. The summed E-state index contributed by atoms with van der Waals surface area (Å²) in [6, 6.07) is 6.78. The van der Waals surface area contributed by atoms with Gasteiger partial charge in [0.2, 0.25) is 0 Å². The van der Waals surface area contributed by atoms with Gasteiger partial charge in [-0.05, 0) is 55.1 Å². The van der Waals surface area contributed by atoms with E-state index >= 15 is 0 Å². The van der Waals surface area contributed by atoms with Gasteiger partial charge in [-0.15, -0.1) is 11.3 Å². The lowest BCUT2D eigenvalue weighted by Gasteiger charge is -2.09. The van der Waals surface area contributed by atoms with Gasteiger partial charge in [-0.2, -0.15) is 0 Å². The van der Waals surface area contributed by atoms with E-state index < -0.39 is 0 Å². The Hall–Kier alpha value is -1.26. The molecule has 1 N–H and O–H groups in total. The molecule has 21 heavy (non-hydrogen) atoms. The Morgan fingerprint density at radius 1 is 1.19 bits per heavy atom. The molecule has 4 atom stereocenters. The van der Waals surface area contributed by atoms with Crippen molar-refractivity contribution in [1.82, 2.24) is 15.3 Å². The van der Waals surface area contributed by atoms with Crippen molar-refractivity contribution in [3.05, 3.63) is 35.5 Å². The van der Waals surface area contributed by atoms with Gasteiger partial charge in [0.1, 0.15) is 5.01 Å². The summed E-state index contributed by atoms with van der Waals surface area (Å²) < 4.78 is 0. The summed E-state index contributed by atoms with van der Waals surface area (Å²) in [7, 11) is 0. The highest BCUT2D eigenvalue weighted by Crippen LogP contribution is 2.65. The lowest BCUT2D eigenvalue weighted by molar-refractivity contribution is 0.456. The van der Waals surface area contributed by atoms with Gasteiger partial charge in [-0.25, -0.2) is 4.98 Å². The Bertz CT molecular complexity index is 637. The maximum Gasteiger partial charge on any atom is 0.142 e. The van der Waals surface area contributed by atoms with Crippen LogP contribution in [0.4, 0.5) is 0 Å². The van der Waals surface area contributed by atoms with Crippen molar-refractivity contribution in [1.29, 1.82) is 0 Å². The van der Waals surface area contributed by atoms with E-state index in [4.69, 9.17) is 4.98 Å². The summed E-state index contributed by atoms with van der Waals surface area (Å²) in [5.74, 6) is 4.07. The number of thiazole rings is 1. The van der Waals surface area contributed by atoms with Crippen LogP contribution in [0.3, 0.4) is 0 Å². The number of fused-ring (bicyclic) bond motifs is 5. The molecule has 0 spiro atoms. The largest absolute Gasteiger partial charge is 0.308 e. The fourth-order valence-electron chi connectivity index (χ4n) is 4.82. The van der Waals surface area contributed by atoms with E-state index in [2.05, 4.69) is 15.7 Å². The van der Waals surface area contributed by atoms with E-state index in [1.807, 2.05) is 24.4 Å². The minimum Gasteiger partial charge on any atom is -0.308 e. The van der Waals surface area contributed by atoms with Crippen LogP contribution in [-0.2, 0) is 6.54 Å². The molecule has 2 aromatic rings. The molecule has 3 aliphatic rings. The van der Waals surface area contributed by atoms with Gasteiger partial charge in [0.25, 0.3) is 0 Å². The normalized spacial score (nSPS) is 35.9. The van der Waals surface area contributed by atoms with Crippen molar-refractivity contribution in [3.63, 3.8) is 0 Å². The molecule has 2 aromatic heterocycles. The fraction of sp³-hybridized carbons (Fsp3) is 0.529. The first kappa shape index (κ1) is 12.3. The van der Waals surface area contributed by atoms with Gasteiger partial charge in [0, 0.05) is 24.2 Å². The average Bonchev–Trinajstić information content (AvgIpc) is 2.95. The van der Waals surface area contributed by atoms with Crippen LogP contribution in [0, 0.1) is 23.7 Å². The Morgan fingerprint density at radius 2 is 2.05 bits per heavy atom. The van der Waals surface area contributed by atoms with Crippen LogP contribution < -0.4 is 5.32 Å². The second kappa shape index (κ2) is 4.62. The molecule has 3 fully saturated rings. The first-order chi connectivity index (χ1) is 10.4. The second-order valence-electron chi connectivity index (χ2n) is 6.75. The molecule has 0 amide bonds. The third kappa shape index (κ3) is 1.96. The SMILES string of the molecule is c1ccc(-c2nc(CNC3C4C5CCC(C5)C34)cs2)nc1. The first-order valence-corrected chi connectivity index (χ1v) is 8.87. The highest BCUT2D eigenvalue weighted by Gasteiger charge is 2.64. The fourth-order valence-corrected chi connectivity index (χ4v) is 5.61. The molecular weight excluding hydrogens is 278 g/mol. The quantitative estimate of drug-likeness (QED) is 0.940. The van der Waals surface area contributed by atoms with Crippen LogP contribution in [0.15, 0.2) is 29.8 Å². The van der Waals surface area contributed by atoms with Crippen molar-refractivity contribution in [2.45, 2.75) is 31.8 Å². The molecule has 4 heteroatoms. The maximum atomic E-state index is 4.72. The van der Waals surface area contributed by atoms with Crippen molar-refractivity contribution in [3.8, 4) is 10.7 Å². The molecule has 0 aromatic carbocycles. The molecule has 0 aliphatic heterocycles. The summed E-state index contributed by atoms with van der Waals surface area (Å²) >= 11 is 1.70.